The molecule has 0 bridgehead atoms. The van der Waals surface area contributed by atoms with Gasteiger partial charge in [0.2, 0.25) is 5.89 Å². The molecule has 1 aromatic heterocycles. The monoisotopic (exact) mass is 348 g/mol. The molecule has 0 N–H and O–H groups in total. The molecule has 1 aromatic rings. The summed E-state index contributed by atoms with van der Waals surface area (Å²) in [5, 5.41) is 4.13. The van der Waals surface area contributed by atoms with Gasteiger partial charge in [-0.2, -0.15) is 4.98 Å². The van der Waals surface area contributed by atoms with Crippen molar-refractivity contribution in [3.05, 3.63) is 11.7 Å². The van der Waals surface area contributed by atoms with Crippen LogP contribution in [0.25, 0.3) is 0 Å². The molecule has 3 fully saturated rings. The summed E-state index contributed by atoms with van der Waals surface area (Å²) in [7, 11) is 0. The molecule has 0 aliphatic carbocycles. The minimum Gasteiger partial charge on any atom is -0.370 e. The molecular formula is C19H32N4O2. The highest BCUT2D eigenvalue weighted by molar-refractivity contribution is 5.01. The average Bonchev–Trinajstić information content (AvgIpc) is 3.27. The topological polar surface area (TPSA) is 54.6 Å². The molecule has 4 rings (SSSR count). The lowest BCUT2D eigenvalue weighted by atomic mass is 9.90. The first kappa shape index (κ1) is 17.4. The van der Waals surface area contributed by atoms with Gasteiger partial charge in [0.15, 0.2) is 5.82 Å². The number of nitrogens with zero attached hydrogens (tertiary/aromatic N) is 4. The largest absolute Gasteiger partial charge is 0.370 e. The SMILES string of the molecule is CC(C)CO[C@H](C)c1noc(CN2C[C@@H]3CN4CCCC[C@H]4[C@H]3C2)n1. The van der Waals surface area contributed by atoms with Gasteiger partial charge in [-0.25, -0.2) is 0 Å². The summed E-state index contributed by atoms with van der Waals surface area (Å²) >= 11 is 0. The number of ether oxygens (including phenoxy) is 1. The van der Waals surface area contributed by atoms with Crippen LogP contribution in [-0.4, -0.2) is 58.8 Å². The number of piperidine rings is 1. The van der Waals surface area contributed by atoms with E-state index in [2.05, 4.69) is 33.8 Å². The molecule has 4 heterocycles. The summed E-state index contributed by atoms with van der Waals surface area (Å²) in [5.41, 5.74) is 0. The molecule has 0 radical (unpaired) electrons. The molecule has 3 aliphatic rings. The molecule has 0 aromatic carbocycles. The van der Waals surface area contributed by atoms with Crippen molar-refractivity contribution in [2.75, 3.05) is 32.8 Å². The second-order valence-corrected chi connectivity index (χ2v) is 8.59. The van der Waals surface area contributed by atoms with Crippen molar-refractivity contribution in [1.29, 1.82) is 0 Å². The van der Waals surface area contributed by atoms with Crippen LogP contribution < -0.4 is 0 Å². The smallest absolute Gasteiger partial charge is 0.240 e. The van der Waals surface area contributed by atoms with Crippen molar-refractivity contribution < 1.29 is 9.26 Å². The summed E-state index contributed by atoms with van der Waals surface area (Å²) in [6.07, 6.45) is 4.09. The molecule has 0 saturated carbocycles. The Labute approximate surface area is 150 Å². The number of fused-ring (bicyclic) bond motifs is 3. The van der Waals surface area contributed by atoms with Crippen molar-refractivity contribution in [2.24, 2.45) is 17.8 Å². The van der Waals surface area contributed by atoms with Gasteiger partial charge in [0, 0.05) is 32.3 Å². The molecule has 3 saturated heterocycles. The number of hydrogen-bond acceptors (Lipinski definition) is 6. The average molecular weight is 348 g/mol. The van der Waals surface area contributed by atoms with E-state index in [1.807, 2.05) is 6.92 Å². The van der Waals surface area contributed by atoms with Crippen LogP contribution in [0.1, 0.15) is 57.9 Å². The van der Waals surface area contributed by atoms with Gasteiger partial charge in [-0.3, -0.25) is 9.80 Å². The third-order valence-corrected chi connectivity index (χ3v) is 6.08. The van der Waals surface area contributed by atoms with E-state index in [4.69, 9.17) is 9.26 Å². The van der Waals surface area contributed by atoms with E-state index in [0.29, 0.717) is 11.7 Å². The van der Waals surface area contributed by atoms with E-state index < -0.39 is 0 Å². The fourth-order valence-corrected chi connectivity index (χ4v) is 4.88. The standard InChI is InChI=1S/C19H32N4O2/c1-13(2)12-24-14(3)19-20-18(25-21-19)11-22-8-15-9-23-7-5-4-6-17(23)16(15)10-22/h13-17H,4-12H2,1-3H3/t14-,15-,16+,17+/m1/s1. The van der Waals surface area contributed by atoms with Crippen LogP contribution in [0.5, 0.6) is 0 Å². The first-order valence-corrected chi connectivity index (χ1v) is 10.0. The van der Waals surface area contributed by atoms with Crippen molar-refractivity contribution in [3.63, 3.8) is 0 Å². The fraction of sp³-hybridized carbons (Fsp3) is 0.895. The van der Waals surface area contributed by atoms with E-state index in [1.165, 1.54) is 45.4 Å². The normalized spacial score (nSPS) is 31.4. The molecule has 140 valence electrons. The minimum absolute atomic E-state index is 0.103. The Hall–Kier alpha value is -0.980. The lowest BCUT2D eigenvalue weighted by Crippen LogP contribution is -2.39. The van der Waals surface area contributed by atoms with E-state index in [0.717, 1.165) is 36.9 Å². The van der Waals surface area contributed by atoms with Gasteiger partial charge in [0.1, 0.15) is 6.10 Å². The summed E-state index contributed by atoms with van der Waals surface area (Å²) < 4.78 is 11.3. The summed E-state index contributed by atoms with van der Waals surface area (Å²) in [6, 6.07) is 0.825. The van der Waals surface area contributed by atoms with Crippen molar-refractivity contribution >= 4 is 0 Å². The fourth-order valence-electron chi connectivity index (χ4n) is 4.88. The molecule has 0 spiro atoms. The molecule has 25 heavy (non-hydrogen) atoms. The molecule has 0 unspecified atom stereocenters. The number of aromatic nitrogens is 2. The van der Waals surface area contributed by atoms with Gasteiger partial charge in [-0.05, 0) is 44.1 Å². The lowest BCUT2D eigenvalue weighted by molar-refractivity contribution is 0.0402. The number of hydrogen-bond donors (Lipinski definition) is 0. The van der Waals surface area contributed by atoms with Crippen LogP contribution in [0.3, 0.4) is 0 Å². The quantitative estimate of drug-likeness (QED) is 0.788. The highest BCUT2D eigenvalue weighted by Crippen LogP contribution is 2.40. The maximum absolute atomic E-state index is 5.79. The summed E-state index contributed by atoms with van der Waals surface area (Å²) in [6.45, 7) is 12.8. The Bertz CT molecular complexity index is 576. The van der Waals surface area contributed by atoms with Gasteiger partial charge in [-0.1, -0.05) is 25.4 Å². The maximum Gasteiger partial charge on any atom is 0.240 e. The predicted molar refractivity (Wildman–Crippen MR) is 95.0 cm³/mol. The summed E-state index contributed by atoms with van der Waals surface area (Å²) in [5.74, 6) is 3.59. The number of rotatable bonds is 6. The molecule has 6 nitrogen and oxygen atoms in total. The van der Waals surface area contributed by atoms with E-state index in [-0.39, 0.29) is 6.10 Å². The second-order valence-electron chi connectivity index (χ2n) is 8.59. The van der Waals surface area contributed by atoms with E-state index >= 15 is 0 Å². The van der Waals surface area contributed by atoms with E-state index in [9.17, 15) is 0 Å². The van der Waals surface area contributed by atoms with Crippen molar-refractivity contribution in [1.82, 2.24) is 19.9 Å². The van der Waals surface area contributed by atoms with Crippen molar-refractivity contribution in [2.45, 2.75) is 58.7 Å². The molecule has 6 heteroatoms. The Morgan fingerprint density at radius 1 is 1.20 bits per heavy atom. The van der Waals surface area contributed by atoms with Gasteiger partial charge >= 0.3 is 0 Å². The third-order valence-electron chi connectivity index (χ3n) is 6.08. The van der Waals surface area contributed by atoms with Gasteiger partial charge in [-0.15, -0.1) is 0 Å². The molecule has 3 aliphatic heterocycles. The molecule has 4 atom stereocenters. The first-order valence-electron chi connectivity index (χ1n) is 10.0. The van der Waals surface area contributed by atoms with Crippen LogP contribution in [0.4, 0.5) is 0 Å². The molecular weight excluding hydrogens is 316 g/mol. The van der Waals surface area contributed by atoms with Gasteiger partial charge < -0.3 is 9.26 Å². The lowest BCUT2D eigenvalue weighted by Gasteiger charge is -2.33. The van der Waals surface area contributed by atoms with Gasteiger partial charge in [0.05, 0.1) is 6.54 Å². The highest BCUT2D eigenvalue weighted by Gasteiger charge is 2.47. The van der Waals surface area contributed by atoms with Crippen LogP contribution >= 0.6 is 0 Å². The minimum atomic E-state index is -0.103. The number of likely N-dealkylation sites (tertiary alicyclic amines) is 1. The Balaban J connectivity index is 1.31. The zero-order valence-electron chi connectivity index (χ0n) is 15.9. The van der Waals surface area contributed by atoms with Crippen LogP contribution in [0.2, 0.25) is 0 Å². The second kappa shape index (κ2) is 7.33. The maximum atomic E-state index is 5.79. The predicted octanol–water partition coefficient (Wildman–Crippen LogP) is 2.72. The third kappa shape index (κ3) is 3.76. The van der Waals surface area contributed by atoms with Crippen LogP contribution in [0.15, 0.2) is 4.52 Å². The van der Waals surface area contributed by atoms with E-state index in [1.54, 1.807) is 0 Å². The molecule has 0 amide bonds. The van der Waals surface area contributed by atoms with Gasteiger partial charge in [0.25, 0.3) is 0 Å². The zero-order valence-corrected chi connectivity index (χ0v) is 15.9. The van der Waals surface area contributed by atoms with Crippen LogP contribution in [-0.2, 0) is 11.3 Å². The highest BCUT2D eigenvalue weighted by atomic mass is 16.5. The Kier molecular flexibility index (Phi) is 5.11. The Morgan fingerprint density at radius 2 is 2.08 bits per heavy atom. The van der Waals surface area contributed by atoms with Crippen LogP contribution in [0, 0.1) is 17.8 Å². The summed E-state index contributed by atoms with van der Waals surface area (Å²) in [4.78, 5) is 9.83. The first-order chi connectivity index (χ1) is 12.1. The Morgan fingerprint density at radius 3 is 2.92 bits per heavy atom. The zero-order chi connectivity index (χ0) is 17.4. The van der Waals surface area contributed by atoms with Crippen molar-refractivity contribution in [3.8, 4) is 0 Å².